The van der Waals surface area contributed by atoms with Gasteiger partial charge in [-0.3, -0.25) is 0 Å². The van der Waals surface area contributed by atoms with Gasteiger partial charge in [0.15, 0.2) is 0 Å². The van der Waals surface area contributed by atoms with Gasteiger partial charge in [-0.15, -0.1) is 0 Å². The highest BCUT2D eigenvalue weighted by atomic mass is 35.5. The summed E-state index contributed by atoms with van der Waals surface area (Å²) in [7, 11) is -0.494. The SMILES string of the molecule is CC(C)Nc1cc(Cl)cc(B2OC(C)(C)C(C)(C)O2)n1. The van der Waals surface area contributed by atoms with Crippen molar-refractivity contribution in [3.63, 3.8) is 0 Å². The van der Waals surface area contributed by atoms with E-state index in [9.17, 15) is 0 Å². The van der Waals surface area contributed by atoms with E-state index in [0.29, 0.717) is 10.6 Å². The molecule has 1 aliphatic rings. The van der Waals surface area contributed by atoms with Crippen LogP contribution in [0.2, 0.25) is 5.02 Å². The van der Waals surface area contributed by atoms with Crippen molar-refractivity contribution in [3.8, 4) is 0 Å². The van der Waals surface area contributed by atoms with Crippen LogP contribution in [-0.4, -0.2) is 29.3 Å². The van der Waals surface area contributed by atoms with Crippen LogP contribution in [0, 0.1) is 0 Å². The third-order valence-electron chi connectivity index (χ3n) is 3.74. The molecule has 0 unspecified atom stereocenters. The van der Waals surface area contributed by atoms with Gasteiger partial charge in [0.05, 0.1) is 16.8 Å². The molecule has 110 valence electrons. The second-order valence-electron chi connectivity index (χ2n) is 6.48. The number of anilines is 1. The highest BCUT2D eigenvalue weighted by Crippen LogP contribution is 2.36. The summed E-state index contributed by atoms with van der Waals surface area (Å²) in [6, 6.07) is 3.87. The van der Waals surface area contributed by atoms with Crippen LogP contribution in [0.25, 0.3) is 0 Å². The second kappa shape index (κ2) is 5.21. The highest BCUT2D eigenvalue weighted by Gasteiger charge is 2.52. The average Bonchev–Trinajstić information content (AvgIpc) is 2.46. The summed E-state index contributed by atoms with van der Waals surface area (Å²) in [5, 5.41) is 3.86. The number of nitrogens with one attached hydrogen (secondary N) is 1. The van der Waals surface area contributed by atoms with Crippen molar-refractivity contribution in [1.29, 1.82) is 0 Å². The van der Waals surface area contributed by atoms with Crippen molar-refractivity contribution < 1.29 is 9.31 Å². The standard InChI is InChI=1S/C14H22BClN2O2/c1-9(2)17-12-8-10(16)7-11(18-12)15-19-13(3,4)14(5,6)20-15/h7-9H,1-6H3,(H,17,18). The Balaban J connectivity index is 2.28. The first-order valence-electron chi connectivity index (χ1n) is 6.90. The predicted octanol–water partition coefficient (Wildman–Crippen LogP) is 2.85. The molecule has 1 saturated heterocycles. The molecule has 6 heteroatoms. The predicted molar refractivity (Wildman–Crippen MR) is 83.7 cm³/mol. The monoisotopic (exact) mass is 296 g/mol. The van der Waals surface area contributed by atoms with Gasteiger partial charge >= 0.3 is 7.12 Å². The summed E-state index contributed by atoms with van der Waals surface area (Å²) in [6.45, 7) is 12.2. The molecule has 0 amide bonds. The number of pyridine rings is 1. The Morgan fingerprint density at radius 3 is 2.20 bits per heavy atom. The maximum atomic E-state index is 6.16. The van der Waals surface area contributed by atoms with Crippen molar-refractivity contribution in [3.05, 3.63) is 17.2 Å². The Morgan fingerprint density at radius 1 is 1.15 bits per heavy atom. The van der Waals surface area contributed by atoms with E-state index in [1.165, 1.54) is 0 Å². The maximum absolute atomic E-state index is 6.16. The first-order valence-corrected chi connectivity index (χ1v) is 7.28. The van der Waals surface area contributed by atoms with Crippen LogP contribution in [-0.2, 0) is 9.31 Å². The topological polar surface area (TPSA) is 43.4 Å². The lowest BCUT2D eigenvalue weighted by Crippen LogP contribution is -2.41. The minimum Gasteiger partial charge on any atom is -0.398 e. The smallest absolute Gasteiger partial charge is 0.398 e. The molecule has 0 radical (unpaired) electrons. The number of aromatic nitrogens is 1. The number of nitrogens with zero attached hydrogens (tertiary/aromatic N) is 1. The van der Waals surface area contributed by atoms with Crippen LogP contribution >= 0.6 is 11.6 Å². The molecule has 1 fully saturated rings. The molecule has 0 saturated carbocycles. The first kappa shape index (κ1) is 15.6. The molecular weight excluding hydrogens is 274 g/mol. The van der Waals surface area contributed by atoms with Crippen LogP contribution in [0.4, 0.5) is 5.82 Å². The fourth-order valence-electron chi connectivity index (χ4n) is 1.97. The molecule has 4 nitrogen and oxygen atoms in total. The Hall–Kier alpha value is -0.775. The lowest BCUT2D eigenvalue weighted by Gasteiger charge is -2.32. The van der Waals surface area contributed by atoms with Crippen molar-refractivity contribution in [2.75, 3.05) is 5.32 Å². The van der Waals surface area contributed by atoms with Gasteiger partial charge in [0.1, 0.15) is 5.82 Å². The van der Waals surface area contributed by atoms with Crippen LogP contribution in [0.3, 0.4) is 0 Å². The van der Waals surface area contributed by atoms with Gasteiger partial charge in [-0.2, -0.15) is 0 Å². The third kappa shape index (κ3) is 3.10. The van der Waals surface area contributed by atoms with Gasteiger partial charge < -0.3 is 14.6 Å². The Morgan fingerprint density at radius 2 is 1.70 bits per heavy atom. The molecule has 20 heavy (non-hydrogen) atoms. The van der Waals surface area contributed by atoms with Gasteiger partial charge in [0, 0.05) is 11.1 Å². The number of halogens is 1. The molecule has 0 aliphatic carbocycles. The van der Waals surface area contributed by atoms with E-state index in [1.54, 1.807) is 12.1 Å². The number of rotatable bonds is 3. The summed E-state index contributed by atoms with van der Waals surface area (Å²) >= 11 is 6.16. The van der Waals surface area contributed by atoms with E-state index in [0.717, 1.165) is 5.82 Å². The van der Waals surface area contributed by atoms with E-state index >= 15 is 0 Å². The molecule has 1 aromatic rings. The van der Waals surface area contributed by atoms with Gasteiger partial charge in [0.25, 0.3) is 0 Å². The third-order valence-corrected chi connectivity index (χ3v) is 3.96. The normalized spacial score (nSPS) is 20.5. The molecular formula is C14H22BClN2O2. The Bertz CT molecular complexity index is 490. The highest BCUT2D eigenvalue weighted by molar-refractivity contribution is 6.61. The fraction of sp³-hybridized carbons (Fsp3) is 0.643. The minimum absolute atomic E-state index is 0.284. The van der Waals surface area contributed by atoms with Crippen molar-refractivity contribution in [2.45, 2.75) is 58.8 Å². The molecule has 0 spiro atoms. The quantitative estimate of drug-likeness (QED) is 0.871. The lowest BCUT2D eigenvalue weighted by molar-refractivity contribution is 0.00578. The Labute approximate surface area is 126 Å². The summed E-state index contributed by atoms with van der Waals surface area (Å²) in [5.41, 5.74) is -0.0695. The summed E-state index contributed by atoms with van der Waals surface area (Å²) in [6.07, 6.45) is 0. The fourth-order valence-corrected chi connectivity index (χ4v) is 2.19. The molecule has 0 atom stereocenters. The number of hydrogen-bond donors (Lipinski definition) is 1. The molecule has 1 aromatic heterocycles. The second-order valence-corrected chi connectivity index (χ2v) is 6.92. The molecule has 1 aliphatic heterocycles. The van der Waals surface area contributed by atoms with Crippen molar-refractivity contribution in [2.24, 2.45) is 0 Å². The summed E-state index contributed by atoms with van der Waals surface area (Å²) in [4.78, 5) is 4.54. The van der Waals surface area contributed by atoms with Crippen molar-refractivity contribution >= 4 is 30.1 Å². The molecule has 2 heterocycles. The largest absolute Gasteiger partial charge is 0.514 e. The van der Waals surface area contributed by atoms with Crippen LogP contribution < -0.4 is 10.9 Å². The molecule has 0 bridgehead atoms. The van der Waals surface area contributed by atoms with E-state index in [-0.39, 0.29) is 17.2 Å². The molecule has 2 rings (SSSR count). The van der Waals surface area contributed by atoms with E-state index < -0.39 is 7.12 Å². The Kier molecular flexibility index (Phi) is 4.06. The summed E-state index contributed by atoms with van der Waals surface area (Å²) < 4.78 is 12.0. The van der Waals surface area contributed by atoms with Crippen LogP contribution in [0.15, 0.2) is 12.1 Å². The van der Waals surface area contributed by atoms with Crippen LogP contribution in [0.1, 0.15) is 41.5 Å². The van der Waals surface area contributed by atoms with E-state index in [4.69, 9.17) is 20.9 Å². The zero-order valence-corrected chi connectivity index (χ0v) is 13.7. The summed E-state index contributed by atoms with van der Waals surface area (Å²) in [5.74, 6) is 0.734. The van der Waals surface area contributed by atoms with Crippen molar-refractivity contribution in [1.82, 2.24) is 4.98 Å². The molecule has 1 N–H and O–H groups in total. The minimum atomic E-state index is -0.494. The number of hydrogen-bond acceptors (Lipinski definition) is 4. The zero-order chi connectivity index (χ0) is 15.1. The van der Waals surface area contributed by atoms with Gasteiger partial charge in [-0.05, 0) is 53.7 Å². The maximum Gasteiger partial charge on any atom is 0.514 e. The van der Waals surface area contributed by atoms with E-state index in [2.05, 4.69) is 24.1 Å². The van der Waals surface area contributed by atoms with Crippen LogP contribution in [0.5, 0.6) is 0 Å². The van der Waals surface area contributed by atoms with E-state index in [1.807, 2.05) is 27.7 Å². The lowest BCUT2D eigenvalue weighted by atomic mass is 9.84. The first-order chi connectivity index (χ1) is 9.10. The van der Waals surface area contributed by atoms with Gasteiger partial charge in [0.2, 0.25) is 0 Å². The molecule has 0 aromatic carbocycles. The average molecular weight is 297 g/mol. The zero-order valence-electron chi connectivity index (χ0n) is 13.0. The van der Waals surface area contributed by atoms with Gasteiger partial charge in [-0.25, -0.2) is 4.98 Å². The van der Waals surface area contributed by atoms with Gasteiger partial charge in [-0.1, -0.05) is 11.6 Å².